The van der Waals surface area contributed by atoms with Gasteiger partial charge >= 0.3 is 5.97 Å². The van der Waals surface area contributed by atoms with Crippen molar-refractivity contribution in [2.24, 2.45) is 0 Å². The number of rotatable bonds is 1. The Bertz CT molecular complexity index is 513. The third kappa shape index (κ3) is 1.15. The number of benzene rings is 1. The highest BCUT2D eigenvalue weighted by atomic mass is 32.1. The SMILES string of the molecule is Cc1csc2ccc(C(=O)O)c(O)c12. The molecule has 0 aliphatic carbocycles. The first-order chi connectivity index (χ1) is 6.61. The zero-order valence-electron chi connectivity index (χ0n) is 7.44. The molecule has 14 heavy (non-hydrogen) atoms. The van der Waals surface area contributed by atoms with Gasteiger partial charge in [0.2, 0.25) is 0 Å². The number of phenols is 1. The van der Waals surface area contributed by atoms with Crippen LogP contribution in [0.15, 0.2) is 17.5 Å². The van der Waals surface area contributed by atoms with Gasteiger partial charge in [-0.3, -0.25) is 0 Å². The van der Waals surface area contributed by atoms with Crippen LogP contribution in [0.3, 0.4) is 0 Å². The van der Waals surface area contributed by atoms with Gasteiger partial charge < -0.3 is 10.2 Å². The zero-order chi connectivity index (χ0) is 10.3. The number of carboxylic acids is 1. The van der Waals surface area contributed by atoms with E-state index in [1.54, 1.807) is 6.07 Å². The molecule has 0 atom stereocenters. The van der Waals surface area contributed by atoms with Crippen LogP contribution >= 0.6 is 11.3 Å². The van der Waals surface area contributed by atoms with Crippen LogP contribution in [0.25, 0.3) is 10.1 Å². The Kier molecular flexibility index (Phi) is 1.93. The molecule has 1 aromatic carbocycles. The van der Waals surface area contributed by atoms with E-state index in [0.717, 1.165) is 10.3 Å². The van der Waals surface area contributed by atoms with Crippen molar-refractivity contribution in [1.82, 2.24) is 0 Å². The van der Waals surface area contributed by atoms with E-state index in [9.17, 15) is 9.90 Å². The molecule has 0 radical (unpaired) electrons. The van der Waals surface area contributed by atoms with Crippen molar-refractivity contribution < 1.29 is 15.0 Å². The first kappa shape index (κ1) is 9.02. The van der Waals surface area contributed by atoms with E-state index >= 15 is 0 Å². The molecule has 2 rings (SSSR count). The van der Waals surface area contributed by atoms with Crippen LogP contribution in [0.5, 0.6) is 5.75 Å². The number of aromatic hydroxyl groups is 1. The maximum atomic E-state index is 10.7. The lowest BCUT2D eigenvalue weighted by molar-refractivity contribution is 0.0694. The lowest BCUT2D eigenvalue weighted by atomic mass is 10.1. The molecule has 0 bridgehead atoms. The second kappa shape index (κ2) is 2.99. The monoisotopic (exact) mass is 208 g/mol. The van der Waals surface area contributed by atoms with E-state index in [1.165, 1.54) is 17.4 Å². The average Bonchev–Trinajstić information content (AvgIpc) is 2.48. The molecule has 1 aromatic heterocycles. The van der Waals surface area contributed by atoms with Crippen LogP contribution in [0, 0.1) is 6.92 Å². The minimum atomic E-state index is -1.10. The lowest BCUT2D eigenvalue weighted by Gasteiger charge is -2.01. The third-order valence-corrected chi connectivity index (χ3v) is 3.19. The van der Waals surface area contributed by atoms with Crippen molar-refractivity contribution in [2.45, 2.75) is 6.92 Å². The third-order valence-electron chi connectivity index (χ3n) is 2.13. The second-order valence-electron chi connectivity index (χ2n) is 3.06. The fourth-order valence-corrected chi connectivity index (χ4v) is 2.38. The number of hydrogen-bond donors (Lipinski definition) is 2. The Balaban J connectivity index is 2.86. The number of thiophene rings is 1. The fourth-order valence-electron chi connectivity index (χ4n) is 1.44. The predicted octanol–water partition coefficient (Wildman–Crippen LogP) is 2.61. The molecule has 0 unspecified atom stereocenters. The molecule has 1 heterocycles. The Hall–Kier alpha value is -1.55. The Morgan fingerprint density at radius 2 is 2.14 bits per heavy atom. The van der Waals surface area contributed by atoms with Crippen LogP contribution in [0.1, 0.15) is 15.9 Å². The van der Waals surface area contributed by atoms with E-state index < -0.39 is 5.97 Å². The van der Waals surface area contributed by atoms with Gasteiger partial charge in [0, 0.05) is 10.1 Å². The van der Waals surface area contributed by atoms with Gasteiger partial charge in [-0.15, -0.1) is 11.3 Å². The van der Waals surface area contributed by atoms with Gasteiger partial charge in [-0.2, -0.15) is 0 Å². The summed E-state index contributed by atoms with van der Waals surface area (Å²) >= 11 is 1.50. The van der Waals surface area contributed by atoms with Gasteiger partial charge in [-0.05, 0) is 30.0 Å². The van der Waals surface area contributed by atoms with Crippen LogP contribution in [-0.4, -0.2) is 16.2 Å². The highest BCUT2D eigenvalue weighted by Crippen LogP contribution is 2.35. The molecule has 72 valence electrons. The maximum absolute atomic E-state index is 10.7. The molecule has 0 amide bonds. The number of carbonyl (C=O) groups is 1. The summed E-state index contributed by atoms with van der Waals surface area (Å²) in [6.07, 6.45) is 0. The van der Waals surface area contributed by atoms with E-state index in [4.69, 9.17) is 5.11 Å². The molecular weight excluding hydrogens is 200 g/mol. The number of aryl methyl sites for hydroxylation is 1. The van der Waals surface area contributed by atoms with Crippen molar-refractivity contribution in [3.05, 3.63) is 28.6 Å². The number of fused-ring (bicyclic) bond motifs is 1. The number of carboxylic acid groups (broad SMARTS) is 1. The highest BCUT2D eigenvalue weighted by Gasteiger charge is 2.14. The lowest BCUT2D eigenvalue weighted by Crippen LogP contribution is -1.96. The Morgan fingerprint density at radius 1 is 1.43 bits per heavy atom. The second-order valence-corrected chi connectivity index (χ2v) is 3.97. The normalized spacial score (nSPS) is 10.6. The molecule has 0 saturated carbocycles. The summed E-state index contributed by atoms with van der Waals surface area (Å²) in [5.74, 6) is -1.23. The van der Waals surface area contributed by atoms with Crippen LogP contribution < -0.4 is 0 Å². The average molecular weight is 208 g/mol. The van der Waals surface area contributed by atoms with Gasteiger partial charge in [-0.1, -0.05) is 0 Å². The minimum Gasteiger partial charge on any atom is -0.506 e. The Labute approximate surface area is 84.2 Å². The summed E-state index contributed by atoms with van der Waals surface area (Å²) in [5, 5.41) is 21.1. The zero-order valence-corrected chi connectivity index (χ0v) is 8.26. The molecule has 0 aliphatic heterocycles. The molecule has 0 spiro atoms. The summed E-state index contributed by atoms with van der Waals surface area (Å²) in [5.41, 5.74) is 0.865. The fraction of sp³-hybridized carbons (Fsp3) is 0.100. The predicted molar refractivity (Wildman–Crippen MR) is 55.2 cm³/mol. The maximum Gasteiger partial charge on any atom is 0.339 e. The summed E-state index contributed by atoms with van der Waals surface area (Å²) in [6, 6.07) is 3.14. The molecule has 0 aliphatic rings. The quantitative estimate of drug-likeness (QED) is 0.757. The largest absolute Gasteiger partial charge is 0.506 e. The molecule has 2 aromatic rings. The first-order valence-electron chi connectivity index (χ1n) is 4.04. The summed E-state index contributed by atoms with van der Waals surface area (Å²) in [6.45, 7) is 1.85. The summed E-state index contributed by atoms with van der Waals surface area (Å²) in [7, 11) is 0. The molecule has 0 saturated heterocycles. The standard InChI is InChI=1S/C10H8O3S/c1-5-4-14-7-3-2-6(10(12)13)9(11)8(5)7/h2-4,11H,1H3,(H,12,13). The van der Waals surface area contributed by atoms with Gasteiger partial charge in [0.25, 0.3) is 0 Å². The van der Waals surface area contributed by atoms with E-state index in [2.05, 4.69) is 0 Å². The van der Waals surface area contributed by atoms with Gasteiger partial charge in [0.05, 0.1) is 0 Å². The van der Waals surface area contributed by atoms with Crippen molar-refractivity contribution >= 4 is 27.4 Å². The van der Waals surface area contributed by atoms with Gasteiger partial charge in [0.15, 0.2) is 0 Å². The minimum absolute atomic E-state index is 0.0426. The molecule has 0 fully saturated rings. The van der Waals surface area contributed by atoms with Crippen molar-refractivity contribution in [3.63, 3.8) is 0 Å². The summed E-state index contributed by atoms with van der Waals surface area (Å²) < 4.78 is 0.907. The van der Waals surface area contributed by atoms with Crippen molar-refractivity contribution in [3.8, 4) is 5.75 Å². The van der Waals surface area contributed by atoms with Crippen LogP contribution in [0.4, 0.5) is 0 Å². The summed E-state index contributed by atoms with van der Waals surface area (Å²) in [4.78, 5) is 10.7. The van der Waals surface area contributed by atoms with Crippen LogP contribution in [0.2, 0.25) is 0 Å². The highest BCUT2D eigenvalue weighted by molar-refractivity contribution is 7.17. The van der Waals surface area contributed by atoms with Crippen molar-refractivity contribution in [1.29, 1.82) is 0 Å². The molecule has 2 N–H and O–H groups in total. The van der Waals surface area contributed by atoms with Crippen molar-refractivity contribution in [2.75, 3.05) is 0 Å². The molecule has 3 nitrogen and oxygen atoms in total. The first-order valence-corrected chi connectivity index (χ1v) is 4.92. The number of hydrogen-bond acceptors (Lipinski definition) is 3. The smallest absolute Gasteiger partial charge is 0.339 e. The number of aromatic carboxylic acids is 1. The van der Waals surface area contributed by atoms with E-state index in [1.807, 2.05) is 12.3 Å². The van der Waals surface area contributed by atoms with Gasteiger partial charge in [-0.25, -0.2) is 4.79 Å². The molecule has 4 heteroatoms. The van der Waals surface area contributed by atoms with E-state index in [0.29, 0.717) is 5.39 Å². The van der Waals surface area contributed by atoms with Gasteiger partial charge in [0.1, 0.15) is 11.3 Å². The van der Waals surface area contributed by atoms with E-state index in [-0.39, 0.29) is 11.3 Å². The Morgan fingerprint density at radius 3 is 2.79 bits per heavy atom. The topological polar surface area (TPSA) is 57.5 Å². The molecular formula is C10H8O3S. The van der Waals surface area contributed by atoms with Crippen LogP contribution in [-0.2, 0) is 0 Å².